The minimum Gasteiger partial charge on any atom is -0.482 e. The van der Waals surface area contributed by atoms with Gasteiger partial charge in [0.25, 0.3) is 0 Å². The van der Waals surface area contributed by atoms with Crippen LogP contribution in [-0.4, -0.2) is 57.0 Å². The number of carbonyl (C=O) groups excluding carboxylic acids is 1. The van der Waals surface area contributed by atoms with Gasteiger partial charge in [0.15, 0.2) is 11.6 Å². The average Bonchev–Trinajstić information content (AvgIpc) is 3.37. The van der Waals surface area contributed by atoms with Crippen molar-refractivity contribution in [3.8, 4) is 16.9 Å². The van der Waals surface area contributed by atoms with Gasteiger partial charge in [-0.1, -0.05) is 23.2 Å². The van der Waals surface area contributed by atoms with Crippen molar-refractivity contribution in [1.29, 1.82) is 0 Å². The molecule has 1 aromatic carbocycles. The first kappa shape index (κ1) is 26.0. The Morgan fingerprint density at radius 2 is 2.06 bits per heavy atom. The SMILES string of the molecule is CC(Oc1cc(-c2cnn(C3CCN(C(=O)NCCO)CC3)c2)cnc1N)c1c(Cl)ccc(F)c1Cl. The van der Waals surface area contributed by atoms with E-state index in [9.17, 15) is 9.18 Å². The number of pyridine rings is 1. The van der Waals surface area contributed by atoms with Gasteiger partial charge in [0.2, 0.25) is 0 Å². The Hall–Kier alpha value is -3.08. The van der Waals surface area contributed by atoms with E-state index in [0.29, 0.717) is 24.4 Å². The molecular formula is C24H27Cl2FN6O3. The number of benzene rings is 1. The average molecular weight is 537 g/mol. The van der Waals surface area contributed by atoms with Gasteiger partial charge in [-0.05, 0) is 38.0 Å². The molecule has 4 rings (SSSR count). The maximum atomic E-state index is 14.0. The Morgan fingerprint density at radius 3 is 2.78 bits per heavy atom. The summed E-state index contributed by atoms with van der Waals surface area (Å²) in [5, 5.41) is 16.3. The highest BCUT2D eigenvalue weighted by Crippen LogP contribution is 2.37. The van der Waals surface area contributed by atoms with Gasteiger partial charge in [-0.2, -0.15) is 5.10 Å². The predicted molar refractivity (Wildman–Crippen MR) is 136 cm³/mol. The summed E-state index contributed by atoms with van der Waals surface area (Å²) >= 11 is 12.3. The Bertz CT molecular complexity index is 1230. The molecule has 9 nitrogen and oxygen atoms in total. The van der Waals surface area contributed by atoms with E-state index in [1.54, 1.807) is 30.3 Å². The molecule has 12 heteroatoms. The number of anilines is 1. The number of urea groups is 1. The molecule has 2 aromatic heterocycles. The minimum atomic E-state index is -0.678. The van der Waals surface area contributed by atoms with E-state index >= 15 is 0 Å². The van der Waals surface area contributed by atoms with Crippen molar-refractivity contribution in [2.24, 2.45) is 0 Å². The van der Waals surface area contributed by atoms with Gasteiger partial charge in [0.1, 0.15) is 11.9 Å². The molecule has 3 aromatic rings. The number of nitrogens with two attached hydrogens (primary N) is 1. The molecule has 1 aliphatic rings. The monoisotopic (exact) mass is 536 g/mol. The number of aliphatic hydroxyl groups is 1. The van der Waals surface area contributed by atoms with E-state index in [1.165, 1.54) is 12.1 Å². The number of hydrogen-bond acceptors (Lipinski definition) is 6. The van der Waals surface area contributed by atoms with E-state index < -0.39 is 11.9 Å². The first-order valence-electron chi connectivity index (χ1n) is 11.5. The quantitative estimate of drug-likeness (QED) is 0.384. The molecule has 36 heavy (non-hydrogen) atoms. The number of aromatic nitrogens is 3. The third-order valence-corrected chi connectivity index (χ3v) is 6.83. The van der Waals surface area contributed by atoms with Crippen LogP contribution in [0.25, 0.3) is 11.1 Å². The lowest BCUT2D eigenvalue weighted by atomic mass is 10.1. The Morgan fingerprint density at radius 1 is 1.31 bits per heavy atom. The van der Waals surface area contributed by atoms with Crippen LogP contribution in [0, 0.1) is 5.82 Å². The Balaban J connectivity index is 1.46. The van der Waals surface area contributed by atoms with Crippen LogP contribution < -0.4 is 15.8 Å². The highest BCUT2D eigenvalue weighted by Gasteiger charge is 2.25. The standard InChI is InChI=1S/C24H27Cl2FN6O3/c1-14(21-18(25)2-3-19(27)22(21)26)36-20-10-15(11-30-23(20)28)16-12-31-33(13-16)17-4-7-32(8-5-17)24(35)29-6-9-34/h2-3,10-14,17,34H,4-9H2,1H3,(H2,28,30)(H,29,35). The number of rotatable bonds is 7. The molecule has 0 spiro atoms. The summed E-state index contributed by atoms with van der Waals surface area (Å²) in [6.07, 6.45) is 6.13. The molecule has 1 aliphatic heterocycles. The number of nitrogen functional groups attached to an aromatic ring is 1. The van der Waals surface area contributed by atoms with Gasteiger partial charge in [-0.25, -0.2) is 14.2 Å². The second-order valence-electron chi connectivity index (χ2n) is 8.51. The van der Waals surface area contributed by atoms with E-state index in [-0.39, 0.29) is 41.1 Å². The minimum absolute atomic E-state index is 0.0871. The molecule has 0 radical (unpaired) electrons. The van der Waals surface area contributed by atoms with E-state index in [2.05, 4.69) is 15.4 Å². The van der Waals surface area contributed by atoms with Gasteiger partial charge < -0.3 is 25.8 Å². The molecular weight excluding hydrogens is 510 g/mol. The lowest BCUT2D eigenvalue weighted by molar-refractivity contribution is 0.166. The van der Waals surface area contributed by atoms with Gasteiger partial charge in [0.05, 0.1) is 23.9 Å². The van der Waals surface area contributed by atoms with Gasteiger partial charge in [-0.15, -0.1) is 0 Å². The van der Waals surface area contributed by atoms with E-state index in [4.69, 9.17) is 38.8 Å². The molecule has 0 saturated carbocycles. The maximum absolute atomic E-state index is 14.0. The number of likely N-dealkylation sites (tertiary alicyclic amines) is 1. The number of nitrogens with zero attached hydrogens (tertiary/aromatic N) is 4. The maximum Gasteiger partial charge on any atom is 0.317 e. The molecule has 192 valence electrons. The fourth-order valence-corrected chi connectivity index (χ4v) is 4.85. The summed E-state index contributed by atoms with van der Waals surface area (Å²) in [7, 11) is 0. The summed E-state index contributed by atoms with van der Waals surface area (Å²) < 4.78 is 21.8. The van der Waals surface area contributed by atoms with Gasteiger partial charge in [0, 0.05) is 53.7 Å². The third-order valence-electron chi connectivity index (χ3n) is 6.12. The fraction of sp³-hybridized carbons (Fsp3) is 0.375. The molecule has 4 N–H and O–H groups in total. The van der Waals surface area contributed by atoms with Crippen molar-refractivity contribution in [3.63, 3.8) is 0 Å². The van der Waals surface area contributed by atoms with Crippen LogP contribution in [0.1, 0.15) is 37.5 Å². The summed E-state index contributed by atoms with van der Waals surface area (Å²) in [5.74, 6) is -0.102. The zero-order valence-electron chi connectivity index (χ0n) is 19.6. The van der Waals surface area contributed by atoms with Gasteiger partial charge >= 0.3 is 6.03 Å². The van der Waals surface area contributed by atoms with E-state index in [1.807, 2.05) is 10.9 Å². The van der Waals surface area contributed by atoms with Crippen LogP contribution in [-0.2, 0) is 0 Å². The van der Waals surface area contributed by atoms with Crippen molar-refractivity contribution in [2.75, 3.05) is 32.0 Å². The van der Waals surface area contributed by atoms with Crippen LogP contribution in [0.3, 0.4) is 0 Å². The first-order valence-corrected chi connectivity index (χ1v) is 12.3. The molecule has 1 atom stereocenters. The number of halogens is 3. The summed E-state index contributed by atoms with van der Waals surface area (Å²) in [6, 6.07) is 4.35. The van der Waals surface area contributed by atoms with Crippen LogP contribution >= 0.6 is 23.2 Å². The number of carbonyl (C=O) groups is 1. The smallest absolute Gasteiger partial charge is 0.317 e. The highest BCUT2D eigenvalue weighted by molar-refractivity contribution is 6.36. The number of amides is 2. The molecule has 1 fully saturated rings. The van der Waals surface area contributed by atoms with E-state index in [0.717, 1.165) is 24.0 Å². The highest BCUT2D eigenvalue weighted by atomic mass is 35.5. The molecule has 3 heterocycles. The largest absolute Gasteiger partial charge is 0.482 e. The number of aliphatic hydroxyl groups excluding tert-OH is 1. The van der Waals surface area contributed by atoms with Crippen LogP contribution in [0.15, 0.2) is 36.8 Å². The molecule has 1 unspecified atom stereocenters. The Kier molecular flexibility index (Phi) is 8.17. The fourth-order valence-electron chi connectivity index (χ4n) is 4.17. The van der Waals surface area contributed by atoms with Crippen LogP contribution in [0.4, 0.5) is 15.0 Å². The summed E-state index contributed by atoms with van der Waals surface area (Å²) in [5.41, 5.74) is 7.94. The predicted octanol–water partition coefficient (Wildman–Crippen LogP) is 4.45. The number of ether oxygens (including phenoxy) is 1. The second-order valence-corrected chi connectivity index (χ2v) is 9.29. The number of hydrogen-bond donors (Lipinski definition) is 3. The summed E-state index contributed by atoms with van der Waals surface area (Å²) in [6.45, 7) is 3.05. The van der Waals surface area contributed by atoms with Crippen molar-refractivity contribution in [3.05, 3.63) is 58.2 Å². The number of piperidine rings is 1. The van der Waals surface area contributed by atoms with Crippen molar-refractivity contribution >= 4 is 35.1 Å². The zero-order valence-corrected chi connectivity index (χ0v) is 21.1. The molecule has 0 aliphatic carbocycles. The zero-order chi connectivity index (χ0) is 25.8. The van der Waals surface area contributed by atoms with Crippen molar-refractivity contribution in [1.82, 2.24) is 25.0 Å². The second kappa shape index (κ2) is 11.3. The first-order chi connectivity index (χ1) is 17.3. The number of nitrogens with one attached hydrogen (secondary N) is 1. The van der Waals surface area contributed by atoms with Gasteiger partial charge in [-0.3, -0.25) is 4.68 Å². The topological polar surface area (TPSA) is 119 Å². The lowest BCUT2D eigenvalue weighted by Crippen LogP contribution is -2.45. The third kappa shape index (κ3) is 5.66. The van der Waals surface area contributed by atoms with Crippen LogP contribution in [0.5, 0.6) is 5.75 Å². The molecule has 1 saturated heterocycles. The van der Waals surface area contributed by atoms with Crippen molar-refractivity contribution < 1.29 is 19.0 Å². The molecule has 0 bridgehead atoms. The Labute approximate surface area is 218 Å². The van der Waals surface area contributed by atoms with Crippen molar-refractivity contribution in [2.45, 2.75) is 31.9 Å². The van der Waals surface area contributed by atoms with Crippen LogP contribution in [0.2, 0.25) is 10.0 Å². The lowest BCUT2D eigenvalue weighted by Gasteiger charge is -2.32. The molecule has 2 amide bonds. The summed E-state index contributed by atoms with van der Waals surface area (Å²) in [4.78, 5) is 18.1. The normalized spacial score (nSPS) is 15.1.